The summed E-state index contributed by atoms with van der Waals surface area (Å²) < 4.78 is 6.00. The van der Waals surface area contributed by atoms with Crippen molar-refractivity contribution in [1.29, 1.82) is 0 Å². The van der Waals surface area contributed by atoms with Gasteiger partial charge in [0, 0.05) is 24.5 Å². The summed E-state index contributed by atoms with van der Waals surface area (Å²) in [6.07, 6.45) is 0. The van der Waals surface area contributed by atoms with Crippen molar-refractivity contribution in [3.05, 3.63) is 23.8 Å². The van der Waals surface area contributed by atoms with Crippen molar-refractivity contribution >= 4 is 33.8 Å². The van der Waals surface area contributed by atoms with Crippen LogP contribution in [-0.4, -0.2) is 36.1 Å². The van der Waals surface area contributed by atoms with Crippen molar-refractivity contribution in [2.24, 2.45) is 0 Å². The average Bonchev–Trinajstić information content (AvgIpc) is 2.77. The number of nitrogens with zero attached hydrogens (tertiary/aromatic N) is 3. The molecule has 3 N–H and O–H groups in total. The predicted octanol–water partition coefficient (Wildman–Crippen LogP) is 1.67. The summed E-state index contributed by atoms with van der Waals surface area (Å²) in [4.78, 5) is 10.9. The Balaban J connectivity index is 1.95. The summed E-state index contributed by atoms with van der Waals surface area (Å²) in [6, 6.07) is 6.48. The molecular formula is C15H17N5O. The molecule has 0 radical (unpaired) electrons. The second-order valence-corrected chi connectivity index (χ2v) is 5.52. The van der Waals surface area contributed by atoms with Gasteiger partial charge in [0.2, 0.25) is 5.95 Å². The van der Waals surface area contributed by atoms with Crippen molar-refractivity contribution in [1.82, 2.24) is 15.3 Å². The van der Waals surface area contributed by atoms with Crippen LogP contribution in [0.5, 0.6) is 0 Å². The highest BCUT2D eigenvalue weighted by atomic mass is 16.3. The molecule has 2 aromatic heterocycles. The Labute approximate surface area is 121 Å². The second-order valence-electron chi connectivity index (χ2n) is 5.52. The molecule has 0 atom stereocenters. The Hall–Kier alpha value is -2.34. The predicted molar refractivity (Wildman–Crippen MR) is 83.5 cm³/mol. The quantitative estimate of drug-likeness (QED) is 0.745. The third-order valence-electron chi connectivity index (χ3n) is 4.14. The van der Waals surface area contributed by atoms with Crippen molar-refractivity contribution in [2.75, 3.05) is 30.8 Å². The molecule has 0 unspecified atom stereocenters. The first kappa shape index (κ1) is 12.4. The number of likely N-dealkylation sites (N-methyl/N-ethyl adjacent to an activating group) is 1. The van der Waals surface area contributed by atoms with E-state index in [0.29, 0.717) is 6.04 Å². The Bertz CT molecular complexity index is 835. The lowest BCUT2D eigenvalue weighted by Gasteiger charge is -2.39. The zero-order valence-corrected chi connectivity index (χ0v) is 12.1. The maximum atomic E-state index is 6.00. The van der Waals surface area contributed by atoms with Crippen LogP contribution in [0.2, 0.25) is 0 Å². The zero-order chi connectivity index (χ0) is 14.6. The van der Waals surface area contributed by atoms with E-state index in [-0.39, 0.29) is 5.95 Å². The normalized spacial score (nSPS) is 15.8. The summed E-state index contributed by atoms with van der Waals surface area (Å²) in [5.41, 5.74) is 9.39. The number of anilines is 2. The largest absolute Gasteiger partial charge is 0.450 e. The Morgan fingerprint density at radius 2 is 2.14 bits per heavy atom. The van der Waals surface area contributed by atoms with Crippen LogP contribution in [0.4, 0.5) is 11.8 Å². The summed E-state index contributed by atoms with van der Waals surface area (Å²) >= 11 is 0. The number of nitrogen functional groups attached to an aromatic ring is 1. The summed E-state index contributed by atoms with van der Waals surface area (Å²) in [6.45, 7) is 3.85. The molecule has 0 amide bonds. The van der Waals surface area contributed by atoms with Gasteiger partial charge in [-0.3, -0.25) is 0 Å². The molecule has 108 valence electrons. The van der Waals surface area contributed by atoms with Gasteiger partial charge in [0.15, 0.2) is 11.4 Å². The van der Waals surface area contributed by atoms with E-state index in [0.717, 1.165) is 46.5 Å². The maximum Gasteiger partial charge on any atom is 0.222 e. The summed E-state index contributed by atoms with van der Waals surface area (Å²) in [5.74, 6) is 1.08. The van der Waals surface area contributed by atoms with Crippen LogP contribution in [0.1, 0.15) is 5.56 Å². The van der Waals surface area contributed by atoms with E-state index in [1.165, 1.54) is 0 Å². The lowest BCUT2D eigenvalue weighted by Crippen LogP contribution is -2.57. The van der Waals surface area contributed by atoms with Crippen molar-refractivity contribution < 1.29 is 4.42 Å². The molecule has 1 aliphatic rings. The Morgan fingerprint density at radius 3 is 2.90 bits per heavy atom. The average molecular weight is 283 g/mol. The Morgan fingerprint density at radius 1 is 1.33 bits per heavy atom. The molecule has 1 fully saturated rings. The first-order valence-corrected chi connectivity index (χ1v) is 7.05. The van der Waals surface area contributed by atoms with Gasteiger partial charge in [-0.1, -0.05) is 12.1 Å². The van der Waals surface area contributed by atoms with E-state index < -0.39 is 0 Å². The van der Waals surface area contributed by atoms with Gasteiger partial charge in [0.1, 0.15) is 11.1 Å². The van der Waals surface area contributed by atoms with Gasteiger partial charge in [0.05, 0.1) is 0 Å². The highest BCUT2D eigenvalue weighted by molar-refractivity contribution is 6.07. The molecule has 0 bridgehead atoms. The van der Waals surface area contributed by atoms with Crippen LogP contribution < -0.4 is 16.0 Å². The molecule has 1 aliphatic heterocycles. The molecule has 3 aromatic rings. The standard InChI is InChI=1S/C15H17N5O/c1-8-4-3-5-10-11(8)12-13(21-10)14(19-15(16)18-12)20-6-9(7-20)17-2/h3-5,9,17H,6-7H2,1-2H3,(H2,16,18,19). The third kappa shape index (κ3) is 1.76. The van der Waals surface area contributed by atoms with Gasteiger partial charge in [-0.15, -0.1) is 0 Å². The van der Waals surface area contributed by atoms with Crippen LogP contribution in [0.3, 0.4) is 0 Å². The molecule has 3 heterocycles. The minimum atomic E-state index is 0.288. The van der Waals surface area contributed by atoms with Gasteiger partial charge in [0.25, 0.3) is 0 Å². The number of aromatic nitrogens is 2. The van der Waals surface area contributed by atoms with Gasteiger partial charge in [-0.05, 0) is 25.6 Å². The number of nitrogens with two attached hydrogens (primary N) is 1. The number of furan rings is 1. The first-order chi connectivity index (χ1) is 10.2. The van der Waals surface area contributed by atoms with Crippen LogP contribution >= 0.6 is 0 Å². The van der Waals surface area contributed by atoms with E-state index in [4.69, 9.17) is 10.2 Å². The third-order valence-corrected chi connectivity index (χ3v) is 4.14. The Kier molecular flexibility index (Phi) is 2.56. The fourth-order valence-electron chi connectivity index (χ4n) is 2.91. The molecule has 6 nitrogen and oxygen atoms in total. The molecule has 1 aromatic carbocycles. The molecule has 0 saturated carbocycles. The van der Waals surface area contributed by atoms with E-state index in [1.54, 1.807) is 0 Å². The maximum absolute atomic E-state index is 6.00. The van der Waals surface area contributed by atoms with E-state index in [1.807, 2.05) is 19.2 Å². The van der Waals surface area contributed by atoms with Crippen molar-refractivity contribution in [3.8, 4) is 0 Å². The van der Waals surface area contributed by atoms with Crippen LogP contribution in [0.15, 0.2) is 22.6 Å². The van der Waals surface area contributed by atoms with Gasteiger partial charge in [-0.2, -0.15) is 4.98 Å². The molecule has 0 spiro atoms. The van der Waals surface area contributed by atoms with Crippen LogP contribution in [0.25, 0.3) is 22.1 Å². The van der Waals surface area contributed by atoms with Crippen LogP contribution in [0, 0.1) is 6.92 Å². The highest BCUT2D eigenvalue weighted by Crippen LogP contribution is 2.36. The lowest BCUT2D eigenvalue weighted by molar-refractivity contribution is 0.446. The van der Waals surface area contributed by atoms with Gasteiger partial charge in [-0.25, -0.2) is 4.98 Å². The number of rotatable bonds is 2. The van der Waals surface area contributed by atoms with E-state index in [2.05, 4.69) is 33.2 Å². The molecule has 0 aliphatic carbocycles. The minimum absolute atomic E-state index is 0.288. The molecule has 4 rings (SSSR count). The summed E-state index contributed by atoms with van der Waals surface area (Å²) in [5, 5.41) is 4.27. The lowest BCUT2D eigenvalue weighted by atomic mass is 10.1. The van der Waals surface area contributed by atoms with Gasteiger partial charge >= 0.3 is 0 Å². The van der Waals surface area contributed by atoms with Crippen LogP contribution in [-0.2, 0) is 0 Å². The number of aryl methyl sites for hydroxylation is 1. The molecular weight excluding hydrogens is 266 g/mol. The minimum Gasteiger partial charge on any atom is -0.450 e. The van der Waals surface area contributed by atoms with Crippen molar-refractivity contribution in [3.63, 3.8) is 0 Å². The van der Waals surface area contributed by atoms with E-state index >= 15 is 0 Å². The van der Waals surface area contributed by atoms with Gasteiger partial charge < -0.3 is 20.4 Å². The smallest absolute Gasteiger partial charge is 0.222 e. The monoisotopic (exact) mass is 283 g/mol. The summed E-state index contributed by atoms with van der Waals surface area (Å²) in [7, 11) is 1.97. The SMILES string of the molecule is CNC1CN(c2nc(N)nc3c2oc2cccc(C)c23)C1. The molecule has 1 saturated heterocycles. The number of benzene rings is 1. The number of hydrogen-bond donors (Lipinski definition) is 2. The topological polar surface area (TPSA) is 80.2 Å². The zero-order valence-electron chi connectivity index (χ0n) is 12.1. The fourth-order valence-corrected chi connectivity index (χ4v) is 2.91. The first-order valence-electron chi connectivity index (χ1n) is 7.05. The van der Waals surface area contributed by atoms with Crippen molar-refractivity contribution in [2.45, 2.75) is 13.0 Å². The van der Waals surface area contributed by atoms with E-state index in [9.17, 15) is 0 Å². The fraction of sp³-hybridized carbons (Fsp3) is 0.333. The molecule has 21 heavy (non-hydrogen) atoms. The number of fused-ring (bicyclic) bond motifs is 3. The second kappa shape index (κ2) is 4.33. The highest BCUT2D eigenvalue weighted by Gasteiger charge is 2.30. The number of nitrogens with one attached hydrogen (secondary N) is 1. The number of hydrogen-bond acceptors (Lipinski definition) is 6. The molecule has 6 heteroatoms.